The van der Waals surface area contributed by atoms with Gasteiger partial charge < -0.3 is 9.47 Å². The summed E-state index contributed by atoms with van der Waals surface area (Å²) in [5.41, 5.74) is 2.29. The van der Waals surface area contributed by atoms with Gasteiger partial charge in [0.15, 0.2) is 0 Å². The number of carbonyl (C=O) groups excluding carboxylic acids is 1. The van der Waals surface area contributed by atoms with E-state index in [1.54, 1.807) is 30.5 Å². The summed E-state index contributed by atoms with van der Waals surface area (Å²) in [6.07, 6.45) is 1.67. The van der Waals surface area contributed by atoms with E-state index in [-0.39, 0.29) is 12.6 Å². The molecule has 4 nitrogen and oxygen atoms in total. The van der Waals surface area contributed by atoms with Gasteiger partial charge in [-0.3, -0.25) is 4.98 Å². The van der Waals surface area contributed by atoms with Crippen LogP contribution < -0.4 is 4.74 Å². The van der Waals surface area contributed by atoms with E-state index in [0.717, 1.165) is 5.56 Å². The van der Waals surface area contributed by atoms with Crippen LogP contribution in [0.25, 0.3) is 0 Å². The largest absolute Gasteiger partial charge is 0.489 e. The highest BCUT2D eigenvalue weighted by atomic mass is 16.5. The number of benzene rings is 2. The van der Waals surface area contributed by atoms with Crippen molar-refractivity contribution in [2.45, 2.75) is 13.2 Å². The Morgan fingerprint density at radius 1 is 0.833 bits per heavy atom. The number of hydrogen-bond donors (Lipinski definition) is 0. The second-order valence-electron chi connectivity index (χ2n) is 5.20. The second-order valence-corrected chi connectivity index (χ2v) is 5.20. The van der Waals surface area contributed by atoms with Crippen molar-refractivity contribution >= 4 is 5.97 Å². The van der Waals surface area contributed by atoms with Crippen LogP contribution in [-0.2, 0) is 18.0 Å². The number of nitrogens with zero attached hydrogens (tertiary/aromatic N) is 1. The van der Waals surface area contributed by atoms with Gasteiger partial charge in [0.2, 0.25) is 0 Å². The first-order chi connectivity index (χ1) is 11.8. The van der Waals surface area contributed by atoms with Crippen molar-refractivity contribution in [2.24, 2.45) is 0 Å². The Bertz CT molecular complexity index is 771. The monoisotopic (exact) mass is 319 g/mol. The zero-order valence-electron chi connectivity index (χ0n) is 13.1. The average molecular weight is 319 g/mol. The molecule has 2 aromatic carbocycles. The molecule has 1 heterocycles. The zero-order chi connectivity index (χ0) is 16.6. The minimum Gasteiger partial charge on any atom is -0.489 e. The summed E-state index contributed by atoms with van der Waals surface area (Å²) in [6, 6.07) is 22.3. The summed E-state index contributed by atoms with van der Waals surface area (Å²) in [6.45, 7) is 0.649. The highest BCUT2D eigenvalue weighted by Crippen LogP contribution is 2.15. The highest BCUT2D eigenvalue weighted by Gasteiger charge is 2.08. The molecule has 120 valence electrons. The molecule has 0 aliphatic carbocycles. The normalized spacial score (nSPS) is 10.2. The maximum atomic E-state index is 12.0. The van der Waals surface area contributed by atoms with E-state index in [4.69, 9.17) is 9.47 Å². The van der Waals surface area contributed by atoms with Crippen molar-refractivity contribution < 1.29 is 14.3 Å². The van der Waals surface area contributed by atoms with Crippen LogP contribution in [0.1, 0.15) is 21.6 Å². The van der Waals surface area contributed by atoms with Crippen LogP contribution in [0, 0.1) is 0 Å². The van der Waals surface area contributed by atoms with Gasteiger partial charge in [0.05, 0.1) is 11.3 Å². The highest BCUT2D eigenvalue weighted by molar-refractivity contribution is 5.89. The van der Waals surface area contributed by atoms with Gasteiger partial charge in [-0.15, -0.1) is 0 Å². The predicted molar refractivity (Wildman–Crippen MR) is 90.6 cm³/mol. The molecule has 0 radical (unpaired) electrons. The standard InChI is InChI=1S/C20H17NO3/c22-20(24-15-18-8-4-5-13-21-18)17-9-11-19(12-10-17)23-14-16-6-2-1-3-7-16/h1-13H,14-15H2. The van der Waals surface area contributed by atoms with Crippen LogP contribution in [0.2, 0.25) is 0 Å². The van der Waals surface area contributed by atoms with E-state index in [1.165, 1.54) is 0 Å². The molecule has 0 atom stereocenters. The van der Waals surface area contributed by atoms with E-state index in [0.29, 0.717) is 23.6 Å². The fourth-order valence-corrected chi connectivity index (χ4v) is 2.13. The van der Waals surface area contributed by atoms with Crippen LogP contribution in [0.4, 0.5) is 0 Å². The fraction of sp³-hybridized carbons (Fsp3) is 0.100. The molecule has 0 saturated carbocycles. The first-order valence-corrected chi connectivity index (χ1v) is 7.65. The molecule has 4 heteroatoms. The van der Waals surface area contributed by atoms with Crippen molar-refractivity contribution in [1.29, 1.82) is 0 Å². The minimum absolute atomic E-state index is 0.159. The van der Waals surface area contributed by atoms with E-state index >= 15 is 0 Å². The van der Waals surface area contributed by atoms with Crippen LogP contribution in [-0.4, -0.2) is 11.0 Å². The first kappa shape index (κ1) is 15.7. The van der Waals surface area contributed by atoms with Gasteiger partial charge in [-0.2, -0.15) is 0 Å². The number of pyridine rings is 1. The van der Waals surface area contributed by atoms with Gasteiger partial charge in [0, 0.05) is 6.20 Å². The maximum Gasteiger partial charge on any atom is 0.338 e. The van der Waals surface area contributed by atoms with Crippen molar-refractivity contribution in [3.8, 4) is 5.75 Å². The SMILES string of the molecule is O=C(OCc1ccccn1)c1ccc(OCc2ccccc2)cc1. The van der Waals surface area contributed by atoms with Crippen LogP contribution in [0.5, 0.6) is 5.75 Å². The van der Waals surface area contributed by atoms with Crippen molar-refractivity contribution in [3.63, 3.8) is 0 Å². The zero-order valence-corrected chi connectivity index (χ0v) is 13.1. The van der Waals surface area contributed by atoms with Crippen molar-refractivity contribution in [3.05, 3.63) is 95.8 Å². The molecule has 0 bridgehead atoms. The Morgan fingerprint density at radius 3 is 2.29 bits per heavy atom. The number of carbonyl (C=O) groups is 1. The van der Waals surface area contributed by atoms with Crippen molar-refractivity contribution in [2.75, 3.05) is 0 Å². The molecule has 0 aliphatic rings. The fourth-order valence-electron chi connectivity index (χ4n) is 2.13. The minimum atomic E-state index is -0.379. The smallest absolute Gasteiger partial charge is 0.338 e. The molecule has 24 heavy (non-hydrogen) atoms. The van der Waals surface area contributed by atoms with Gasteiger partial charge in [-0.05, 0) is 42.0 Å². The molecular formula is C20H17NO3. The predicted octanol–water partition coefficient (Wildman–Crippen LogP) is 4.02. The molecule has 1 aromatic heterocycles. The lowest BCUT2D eigenvalue weighted by atomic mass is 10.2. The Morgan fingerprint density at radius 2 is 1.58 bits per heavy atom. The molecular weight excluding hydrogens is 302 g/mol. The lowest BCUT2D eigenvalue weighted by Gasteiger charge is -2.08. The van der Waals surface area contributed by atoms with Gasteiger partial charge in [0.1, 0.15) is 19.0 Å². The Kier molecular flexibility index (Phi) is 5.20. The molecule has 3 aromatic rings. The molecule has 0 spiro atoms. The van der Waals surface area contributed by atoms with Crippen LogP contribution in [0.15, 0.2) is 79.0 Å². The molecule has 0 amide bonds. The first-order valence-electron chi connectivity index (χ1n) is 7.65. The Labute approximate surface area is 140 Å². The lowest BCUT2D eigenvalue weighted by Crippen LogP contribution is -2.06. The molecule has 0 N–H and O–H groups in total. The summed E-state index contributed by atoms with van der Waals surface area (Å²) < 4.78 is 10.9. The topological polar surface area (TPSA) is 48.4 Å². The van der Waals surface area contributed by atoms with E-state index in [1.807, 2.05) is 48.5 Å². The number of ether oxygens (including phenoxy) is 2. The lowest BCUT2D eigenvalue weighted by molar-refractivity contribution is 0.0467. The van der Waals surface area contributed by atoms with E-state index in [2.05, 4.69) is 4.98 Å². The number of esters is 1. The van der Waals surface area contributed by atoms with Gasteiger partial charge in [0.25, 0.3) is 0 Å². The Balaban J connectivity index is 1.53. The molecule has 0 saturated heterocycles. The van der Waals surface area contributed by atoms with Gasteiger partial charge >= 0.3 is 5.97 Å². The van der Waals surface area contributed by atoms with Gasteiger partial charge in [-0.25, -0.2) is 4.79 Å². The summed E-state index contributed by atoms with van der Waals surface area (Å²) >= 11 is 0. The van der Waals surface area contributed by atoms with E-state index < -0.39 is 0 Å². The summed E-state index contributed by atoms with van der Waals surface area (Å²) in [5.74, 6) is 0.329. The maximum absolute atomic E-state index is 12.0. The van der Waals surface area contributed by atoms with Crippen molar-refractivity contribution in [1.82, 2.24) is 4.98 Å². The van der Waals surface area contributed by atoms with E-state index in [9.17, 15) is 4.79 Å². The number of hydrogen-bond acceptors (Lipinski definition) is 4. The molecule has 0 aliphatic heterocycles. The summed E-state index contributed by atoms with van der Waals surface area (Å²) in [7, 11) is 0. The third-order valence-electron chi connectivity index (χ3n) is 3.42. The quantitative estimate of drug-likeness (QED) is 0.644. The third-order valence-corrected chi connectivity index (χ3v) is 3.42. The number of rotatable bonds is 6. The Hall–Kier alpha value is -3.14. The van der Waals surface area contributed by atoms with Crippen LogP contribution >= 0.6 is 0 Å². The summed E-state index contributed by atoms with van der Waals surface area (Å²) in [4.78, 5) is 16.1. The number of aromatic nitrogens is 1. The molecule has 0 unspecified atom stereocenters. The molecule has 3 rings (SSSR count). The average Bonchev–Trinajstić information content (AvgIpc) is 2.66. The third kappa shape index (κ3) is 4.43. The van der Waals surface area contributed by atoms with Gasteiger partial charge in [-0.1, -0.05) is 36.4 Å². The molecule has 0 fully saturated rings. The van der Waals surface area contributed by atoms with Crippen LogP contribution in [0.3, 0.4) is 0 Å². The second kappa shape index (κ2) is 7.92. The summed E-state index contributed by atoms with van der Waals surface area (Å²) in [5, 5.41) is 0.